The molecule has 1 aliphatic carbocycles. The third-order valence-electron chi connectivity index (χ3n) is 5.33. The molecule has 1 heterocycles. The van der Waals surface area contributed by atoms with E-state index in [4.69, 9.17) is 4.74 Å². The Bertz CT molecular complexity index is 966. The number of thioether (sulfide) groups is 1. The van der Waals surface area contributed by atoms with Crippen LogP contribution in [0, 0.1) is 12.8 Å². The van der Waals surface area contributed by atoms with E-state index < -0.39 is 11.7 Å². The van der Waals surface area contributed by atoms with Crippen LogP contribution < -0.4 is 4.74 Å². The van der Waals surface area contributed by atoms with E-state index in [-0.39, 0.29) is 5.78 Å². The largest absolute Gasteiger partial charge is 0.493 e. The highest BCUT2D eigenvalue weighted by Gasteiger charge is 2.29. The smallest absolute Gasteiger partial charge is 0.229 e. The molecule has 0 N–H and O–H groups in total. The molecular weight excluding hydrogens is 406 g/mol. The van der Waals surface area contributed by atoms with Gasteiger partial charge in [-0.3, -0.25) is 14.6 Å². The van der Waals surface area contributed by atoms with Gasteiger partial charge in [-0.2, -0.15) is 0 Å². The van der Waals surface area contributed by atoms with E-state index in [1.807, 2.05) is 37.3 Å². The molecule has 0 saturated heterocycles. The minimum atomic E-state index is -0.434. The molecule has 1 aromatic carbocycles. The molecule has 0 radical (unpaired) electrons. The lowest BCUT2D eigenvalue weighted by molar-refractivity contribution is -0.117. The minimum absolute atomic E-state index is 0.355. The number of hydrogen-bond acceptors (Lipinski definition) is 5. The van der Waals surface area contributed by atoms with Crippen LogP contribution in [0.15, 0.2) is 65.7 Å². The summed E-state index contributed by atoms with van der Waals surface area (Å²) in [5, 5.41) is 0. The first-order valence-electron chi connectivity index (χ1n) is 10.8. The summed E-state index contributed by atoms with van der Waals surface area (Å²) in [5.74, 6) is 0.278. The predicted molar refractivity (Wildman–Crippen MR) is 126 cm³/mol. The second-order valence-corrected chi connectivity index (χ2v) is 8.62. The van der Waals surface area contributed by atoms with Gasteiger partial charge < -0.3 is 4.74 Å². The minimum Gasteiger partial charge on any atom is -0.493 e. The lowest BCUT2D eigenvalue weighted by Crippen LogP contribution is -2.25. The van der Waals surface area contributed by atoms with Gasteiger partial charge in [-0.05, 0) is 30.7 Å². The van der Waals surface area contributed by atoms with Gasteiger partial charge in [0.15, 0.2) is 0 Å². The zero-order chi connectivity index (χ0) is 22.1. The van der Waals surface area contributed by atoms with Crippen LogP contribution in [0.3, 0.4) is 0 Å². The van der Waals surface area contributed by atoms with Crippen LogP contribution in [0.4, 0.5) is 0 Å². The monoisotopic (exact) mass is 435 g/mol. The molecule has 0 saturated carbocycles. The van der Waals surface area contributed by atoms with Crippen molar-refractivity contribution in [2.24, 2.45) is 5.92 Å². The molecule has 4 nitrogen and oxygen atoms in total. The van der Waals surface area contributed by atoms with Crippen LogP contribution >= 0.6 is 11.8 Å². The number of carbonyl (C=O) groups excluding carboxylic acids is 2. The van der Waals surface area contributed by atoms with E-state index in [9.17, 15) is 9.59 Å². The Morgan fingerprint density at radius 1 is 1.16 bits per heavy atom. The number of pyridine rings is 1. The lowest BCUT2D eigenvalue weighted by Gasteiger charge is -2.20. The highest BCUT2D eigenvalue weighted by atomic mass is 32.2. The molecule has 0 spiro atoms. The Morgan fingerprint density at radius 2 is 1.97 bits per heavy atom. The van der Waals surface area contributed by atoms with Gasteiger partial charge in [0.1, 0.15) is 5.75 Å². The summed E-state index contributed by atoms with van der Waals surface area (Å²) in [6.07, 6.45) is 11.5. The predicted octanol–water partition coefficient (Wildman–Crippen LogP) is 6.10. The van der Waals surface area contributed by atoms with Gasteiger partial charge in [-0.1, -0.05) is 68.3 Å². The highest BCUT2D eigenvalue weighted by molar-refractivity contribution is 8.02. The summed E-state index contributed by atoms with van der Waals surface area (Å²) in [5.41, 5.74) is 2.41. The first kappa shape index (κ1) is 23.0. The maximum absolute atomic E-state index is 12.9. The zero-order valence-corrected chi connectivity index (χ0v) is 19.0. The van der Waals surface area contributed by atoms with Gasteiger partial charge in [0, 0.05) is 23.1 Å². The Kier molecular flexibility index (Phi) is 8.65. The number of carbonyl (C=O) groups is 2. The molecule has 1 aromatic heterocycles. The van der Waals surface area contributed by atoms with E-state index in [0.717, 1.165) is 41.2 Å². The third kappa shape index (κ3) is 6.17. The Labute approximate surface area is 188 Å². The molecule has 0 fully saturated rings. The van der Waals surface area contributed by atoms with Crippen molar-refractivity contribution >= 4 is 23.3 Å². The molecule has 1 atom stereocenters. The van der Waals surface area contributed by atoms with Crippen LogP contribution in [0.2, 0.25) is 0 Å². The SMILES string of the molecule is CCCCCOc1ccnc(CSC2=CC=CCC2C(=O)C(=O)c2ccccc2)c1C. The first-order valence-corrected chi connectivity index (χ1v) is 11.8. The van der Waals surface area contributed by atoms with Crippen LogP contribution in [0.25, 0.3) is 0 Å². The van der Waals surface area contributed by atoms with Crippen molar-refractivity contribution in [3.8, 4) is 5.75 Å². The standard InChI is InChI=1S/C26H29NO3S/c1-3-4-10-17-30-23-15-16-27-22(19(23)2)18-31-24-14-9-8-13-21(24)26(29)25(28)20-11-6-5-7-12-20/h5-9,11-12,14-16,21H,3-4,10,13,17-18H2,1-2H3. The lowest BCUT2D eigenvalue weighted by atomic mass is 9.91. The summed E-state index contributed by atoms with van der Waals surface area (Å²) in [6.45, 7) is 4.90. The number of aromatic nitrogens is 1. The fourth-order valence-electron chi connectivity index (χ4n) is 3.43. The molecule has 0 bridgehead atoms. The Hall–Kier alpha value is -2.66. The molecule has 0 aliphatic heterocycles. The van der Waals surface area contributed by atoms with Gasteiger partial charge >= 0.3 is 0 Å². The number of ketones is 2. The Balaban J connectivity index is 1.66. The van der Waals surface area contributed by atoms with Gasteiger partial charge in [-0.15, -0.1) is 11.8 Å². The van der Waals surface area contributed by atoms with Crippen LogP contribution in [0.1, 0.15) is 54.2 Å². The van der Waals surface area contributed by atoms with Crippen molar-refractivity contribution < 1.29 is 14.3 Å². The number of ether oxygens (including phenoxy) is 1. The maximum Gasteiger partial charge on any atom is 0.229 e. The van der Waals surface area contributed by atoms with Crippen LogP contribution in [-0.4, -0.2) is 23.2 Å². The molecule has 31 heavy (non-hydrogen) atoms. The van der Waals surface area contributed by atoms with Crippen molar-refractivity contribution in [3.63, 3.8) is 0 Å². The maximum atomic E-state index is 12.9. The normalized spacial score (nSPS) is 15.4. The summed E-state index contributed by atoms with van der Waals surface area (Å²) >= 11 is 1.57. The van der Waals surface area contributed by atoms with Crippen molar-refractivity contribution in [3.05, 3.63) is 82.5 Å². The van der Waals surface area contributed by atoms with E-state index in [0.29, 0.717) is 24.3 Å². The van der Waals surface area contributed by atoms with Gasteiger partial charge in [0.05, 0.1) is 18.2 Å². The van der Waals surface area contributed by atoms with Crippen molar-refractivity contribution in [1.29, 1.82) is 0 Å². The zero-order valence-electron chi connectivity index (χ0n) is 18.2. The van der Waals surface area contributed by atoms with Crippen LogP contribution in [-0.2, 0) is 10.5 Å². The average Bonchev–Trinajstić information content (AvgIpc) is 2.82. The molecule has 1 unspecified atom stereocenters. The fourth-order valence-corrected chi connectivity index (χ4v) is 4.61. The molecule has 3 rings (SSSR count). The summed E-state index contributed by atoms with van der Waals surface area (Å²) in [6, 6.07) is 10.7. The van der Waals surface area contributed by atoms with E-state index >= 15 is 0 Å². The summed E-state index contributed by atoms with van der Waals surface area (Å²) < 4.78 is 5.94. The molecule has 1 aliphatic rings. The molecule has 0 amide bonds. The van der Waals surface area contributed by atoms with Crippen molar-refractivity contribution in [2.45, 2.75) is 45.3 Å². The van der Waals surface area contributed by atoms with Crippen LogP contribution in [0.5, 0.6) is 5.75 Å². The molecule has 2 aromatic rings. The summed E-state index contributed by atoms with van der Waals surface area (Å²) in [4.78, 5) is 31.0. The van der Waals surface area contributed by atoms with Crippen molar-refractivity contribution in [1.82, 2.24) is 4.98 Å². The number of benzene rings is 1. The van der Waals surface area contributed by atoms with Gasteiger partial charge in [0.25, 0.3) is 0 Å². The second kappa shape index (κ2) is 11.7. The Morgan fingerprint density at radius 3 is 2.74 bits per heavy atom. The highest BCUT2D eigenvalue weighted by Crippen LogP contribution is 2.35. The second-order valence-electron chi connectivity index (χ2n) is 7.57. The first-order chi connectivity index (χ1) is 15.1. The summed E-state index contributed by atoms with van der Waals surface area (Å²) in [7, 11) is 0. The molecular formula is C26H29NO3S. The van der Waals surface area contributed by atoms with Crippen molar-refractivity contribution in [2.75, 3.05) is 6.61 Å². The molecule has 162 valence electrons. The third-order valence-corrected chi connectivity index (χ3v) is 6.50. The fraction of sp³-hybridized carbons (Fsp3) is 0.346. The average molecular weight is 436 g/mol. The number of hydrogen-bond donors (Lipinski definition) is 0. The van der Waals surface area contributed by atoms with E-state index in [2.05, 4.69) is 11.9 Å². The van der Waals surface area contributed by atoms with Gasteiger partial charge in [-0.25, -0.2) is 0 Å². The van der Waals surface area contributed by atoms with Gasteiger partial charge in [0.2, 0.25) is 11.6 Å². The molecule has 5 heteroatoms. The number of nitrogens with zero attached hydrogens (tertiary/aromatic N) is 1. The topological polar surface area (TPSA) is 56.3 Å². The van der Waals surface area contributed by atoms with E-state index in [1.54, 1.807) is 42.2 Å². The number of Topliss-reactive ketones (excluding diaryl/α,β-unsaturated/α-hetero) is 2. The number of unbranched alkanes of at least 4 members (excludes halogenated alkanes) is 2. The quantitative estimate of drug-likeness (QED) is 0.242. The number of rotatable bonds is 11. The van der Waals surface area contributed by atoms with E-state index in [1.165, 1.54) is 0 Å². The number of allylic oxidation sites excluding steroid dienone is 4.